The third kappa shape index (κ3) is 8.16. The first kappa shape index (κ1) is 32.5. The number of nitrogen functional groups attached to an aromatic ring is 1. The van der Waals surface area contributed by atoms with E-state index < -0.39 is 68.1 Å². The highest BCUT2D eigenvalue weighted by atomic mass is 31.2. The number of alkyl halides is 1. The van der Waals surface area contributed by atoms with Crippen molar-refractivity contribution in [3.05, 3.63) is 35.4 Å². The highest BCUT2D eigenvalue weighted by Gasteiger charge is 2.56. The first-order chi connectivity index (χ1) is 18.3. The first-order valence-corrected chi connectivity index (χ1v) is 14.1. The van der Waals surface area contributed by atoms with Gasteiger partial charge in [-0.3, -0.25) is 18.7 Å². The van der Waals surface area contributed by atoms with Crippen molar-refractivity contribution < 1.29 is 42.4 Å². The standard InChI is InChI=1S/C23H37FN5O9P/c1-6-11-35-20(31)14(4)27-39(34,28-15(5)21(32)36-12-7-2)37-13-23(8-3)18(24)17(30)19(38-23)29-10-9-16(25)26-22(29)33/h8-10,14-15,17-19,30H,3,6-7,11-13H2,1-2,4-5H3,(H2,25,26,33)(H2,27,28,34)/t14-,15-,17+,18-,19+,23+/m0/s1. The monoisotopic (exact) mass is 577 g/mol. The molecule has 0 saturated carbocycles. The van der Waals surface area contributed by atoms with Crippen LogP contribution in [0.25, 0.3) is 0 Å². The van der Waals surface area contributed by atoms with Gasteiger partial charge in [-0.25, -0.2) is 19.4 Å². The maximum Gasteiger partial charge on any atom is 0.351 e. The predicted molar refractivity (Wildman–Crippen MR) is 138 cm³/mol. The van der Waals surface area contributed by atoms with Crippen molar-refractivity contribution in [1.29, 1.82) is 0 Å². The highest BCUT2D eigenvalue weighted by molar-refractivity contribution is 7.54. The second-order valence-corrected chi connectivity index (χ2v) is 10.8. The Morgan fingerprint density at radius 1 is 1.28 bits per heavy atom. The topological polar surface area (TPSA) is 193 Å². The summed E-state index contributed by atoms with van der Waals surface area (Å²) in [6, 6.07) is -1.08. The Hall–Kier alpha value is -2.68. The van der Waals surface area contributed by atoms with Crippen LogP contribution in [0.15, 0.2) is 29.7 Å². The van der Waals surface area contributed by atoms with Crippen molar-refractivity contribution in [1.82, 2.24) is 19.7 Å². The molecule has 1 aliphatic rings. The normalized spacial score (nSPS) is 24.6. The van der Waals surface area contributed by atoms with Crippen LogP contribution in [-0.2, 0) is 32.9 Å². The smallest absolute Gasteiger partial charge is 0.351 e. The molecule has 2 rings (SSSR count). The van der Waals surface area contributed by atoms with Crippen molar-refractivity contribution in [2.45, 2.75) is 76.7 Å². The minimum absolute atomic E-state index is 0.0879. The molecular weight excluding hydrogens is 540 g/mol. The molecule has 14 nitrogen and oxygen atoms in total. The van der Waals surface area contributed by atoms with Gasteiger partial charge in [-0.15, -0.1) is 6.58 Å². The van der Waals surface area contributed by atoms with Crippen molar-refractivity contribution in [3.8, 4) is 0 Å². The molecular formula is C23H37FN5O9P. The van der Waals surface area contributed by atoms with E-state index in [9.17, 15) is 24.1 Å². The fourth-order valence-corrected chi connectivity index (χ4v) is 5.38. The molecule has 0 unspecified atom stereocenters. The number of ether oxygens (including phenoxy) is 3. The van der Waals surface area contributed by atoms with Crippen LogP contribution in [0.1, 0.15) is 46.8 Å². The molecule has 0 bridgehead atoms. The number of nitrogens with one attached hydrogen (secondary N) is 2. The molecule has 0 amide bonds. The lowest BCUT2D eigenvalue weighted by molar-refractivity contribution is -0.145. The number of esters is 2. The van der Waals surface area contributed by atoms with Crippen molar-refractivity contribution in [2.24, 2.45) is 0 Å². The summed E-state index contributed by atoms with van der Waals surface area (Å²) in [7, 11) is -4.34. The predicted octanol–water partition coefficient (Wildman–Crippen LogP) is 0.965. The Morgan fingerprint density at radius 2 is 1.82 bits per heavy atom. The Labute approximate surface area is 225 Å². The molecule has 1 aliphatic heterocycles. The lowest BCUT2D eigenvalue weighted by Gasteiger charge is -2.31. The average molecular weight is 578 g/mol. The Kier molecular flexibility index (Phi) is 11.8. The van der Waals surface area contributed by atoms with Gasteiger partial charge in [-0.1, -0.05) is 19.9 Å². The number of hydrogen-bond donors (Lipinski definition) is 4. The van der Waals surface area contributed by atoms with E-state index in [1.54, 1.807) is 13.8 Å². The van der Waals surface area contributed by atoms with Gasteiger partial charge >= 0.3 is 25.3 Å². The van der Waals surface area contributed by atoms with Crippen molar-refractivity contribution in [2.75, 3.05) is 25.6 Å². The molecule has 1 aromatic heterocycles. The van der Waals surface area contributed by atoms with Crippen LogP contribution < -0.4 is 21.6 Å². The number of aliphatic hydroxyl groups is 1. The lowest BCUT2D eigenvalue weighted by atomic mass is 9.98. The molecule has 5 N–H and O–H groups in total. The van der Waals surface area contributed by atoms with E-state index in [2.05, 4.69) is 21.7 Å². The Morgan fingerprint density at radius 3 is 2.28 bits per heavy atom. The summed E-state index contributed by atoms with van der Waals surface area (Å²) in [5, 5.41) is 15.5. The summed E-state index contributed by atoms with van der Waals surface area (Å²) in [5.41, 5.74) is 2.49. The van der Waals surface area contributed by atoms with E-state index in [0.29, 0.717) is 12.8 Å². The number of nitrogens with zero attached hydrogens (tertiary/aromatic N) is 2. The molecule has 16 heteroatoms. The van der Waals surface area contributed by atoms with Gasteiger partial charge in [-0.2, -0.15) is 4.98 Å². The summed E-state index contributed by atoms with van der Waals surface area (Å²) < 4.78 is 51.5. The number of carbonyl (C=O) groups excluding carboxylic acids is 2. The molecule has 6 atom stereocenters. The van der Waals surface area contributed by atoms with Gasteiger partial charge in [0.15, 0.2) is 12.4 Å². The molecule has 220 valence electrons. The van der Waals surface area contributed by atoms with Crippen LogP contribution >= 0.6 is 7.67 Å². The number of rotatable bonds is 15. The van der Waals surface area contributed by atoms with Gasteiger partial charge in [0.25, 0.3) is 0 Å². The summed E-state index contributed by atoms with van der Waals surface area (Å²) in [5.74, 6) is -1.57. The zero-order valence-corrected chi connectivity index (χ0v) is 23.3. The largest absolute Gasteiger partial charge is 0.465 e. The molecule has 2 heterocycles. The number of aliphatic hydroxyl groups excluding tert-OH is 1. The maximum atomic E-state index is 15.5. The zero-order chi connectivity index (χ0) is 29.4. The number of aromatic nitrogens is 2. The van der Waals surface area contributed by atoms with Crippen LogP contribution in [0.5, 0.6) is 0 Å². The number of nitrogens with two attached hydrogens (primary N) is 1. The summed E-state index contributed by atoms with van der Waals surface area (Å²) in [6.45, 7) is 9.31. The van der Waals surface area contributed by atoms with Crippen LogP contribution in [0.3, 0.4) is 0 Å². The maximum absolute atomic E-state index is 15.5. The number of anilines is 1. The van der Waals surface area contributed by atoms with Gasteiger partial charge in [-0.05, 0) is 32.8 Å². The SMILES string of the molecule is C=C[C@]1(COP(=O)(N[C@@H](C)C(=O)OCCC)N[C@@H](C)C(=O)OCCC)O[C@@H](n2ccc(N)nc2=O)[C@H](O)[C@@H]1F. The lowest BCUT2D eigenvalue weighted by Crippen LogP contribution is -2.46. The molecule has 1 aromatic rings. The van der Waals surface area contributed by atoms with Crippen LogP contribution in [-0.4, -0.2) is 76.4 Å². The Bertz CT molecular complexity index is 1090. The van der Waals surface area contributed by atoms with Crippen LogP contribution in [0.4, 0.5) is 10.2 Å². The fourth-order valence-electron chi connectivity index (χ4n) is 3.54. The van der Waals surface area contributed by atoms with Gasteiger partial charge in [0.05, 0.1) is 19.8 Å². The fraction of sp³-hybridized carbons (Fsp3) is 0.652. The van der Waals surface area contributed by atoms with Gasteiger partial charge in [0, 0.05) is 6.20 Å². The van der Waals surface area contributed by atoms with Gasteiger partial charge in [0.2, 0.25) is 0 Å². The van der Waals surface area contributed by atoms with E-state index in [1.165, 1.54) is 26.1 Å². The molecule has 0 spiro atoms. The van der Waals surface area contributed by atoms with E-state index >= 15 is 4.39 Å². The summed E-state index contributed by atoms with van der Waals surface area (Å²) in [6.07, 6.45) is -2.34. The van der Waals surface area contributed by atoms with E-state index in [-0.39, 0.29) is 19.0 Å². The third-order valence-corrected chi connectivity index (χ3v) is 7.62. The molecule has 1 fully saturated rings. The number of halogens is 1. The quantitative estimate of drug-likeness (QED) is 0.131. The van der Waals surface area contributed by atoms with E-state index in [1.807, 2.05) is 0 Å². The van der Waals surface area contributed by atoms with E-state index in [0.717, 1.165) is 10.6 Å². The first-order valence-electron chi connectivity index (χ1n) is 12.4. The molecule has 0 aromatic carbocycles. The molecule has 0 radical (unpaired) electrons. The summed E-state index contributed by atoms with van der Waals surface area (Å²) >= 11 is 0. The van der Waals surface area contributed by atoms with Crippen molar-refractivity contribution >= 4 is 25.4 Å². The van der Waals surface area contributed by atoms with Crippen molar-refractivity contribution in [3.63, 3.8) is 0 Å². The highest BCUT2D eigenvalue weighted by Crippen LogP contribution is 2.45. The molecule has 1 saturated heterocycles. The van der Waals surface area contributed by atoms with Gasteiger partial charge < -0.3 is 29.6 Å². The van der Waals surface area contributed by atoms with E-state index in [4.69, 9.17) is 24.5 Å². The minimum atomic E-state index is -4.34. The van der Waals surface area contributed by atoms with Gasteiger partial charge in [0.1, 0.15) is 29.6 Å². The number of carbonyl (C=O) groups is 2. The second-order valence-electron chi connectivity index (χ2n) is 8.96. The minimum Gasteiger partial charge on any atom is -0.465 e. The molecule has 0 aliphatic carbocycles. The van der Waals surface area contributed by atoms with Crippen LogP contribution in [0, 0.1) is 0 Å². The van der Waals surface area contributed by atoms with Crippen LogP contribution in [0.2, 0.25) is 0 Å². The second kappa shape index (κ2) is 14.1. The number of hydrogen-bond acceptors (Lipinski definition) is 11. The molecule has 39 heavy (non-hydrogen) atoms. The average Bonchev–Trinajstić information content (AvgIpc) is 3.14. The Balaban J connectivity index is 2.30. The summed E-state index contributed by atoms with van der Waals surface area (Å²) in [4.78, 5) is 40.4. The zero-order valence-electron chi connectivity index (χ0n) is 22.4. The third-order valence-electron chi connectivity index (χ3n) is 5.67.